The number of aryl methyl sites for hydroxylation is 2. The van der Waals surface area contributed by atoms with Gasteiger partial charge in [-0.05, 0) is 128 Å². The highest BCUT2D eigenvalue weighted by atomic mass is 127. The monoisotopic (exact) mass is 1010 g/mol. The number of likely N-dealkylation sites (tertiary alicyclic amines) is 2. The zero-order valence-electron chi connectivity index (χ0n) is 35.1. The molecule has 0 bridgehead atoms. The van der Waals surface area contributed by atoms with Gasteiger partial charge >= 0.3 is 0 Å². The molecule has 0 radical (unpaired) electrons. The summed E-state index contributed by atoms with van der Waals surface area (Å²) in [5, 5.41) is 5.96. The Morgan fingerprint density at radius 3 is 2.19 bits per heavy atom. The Morgan fingerprint density at radius 1 is 0.881 bits per heavy atom. The Hall–Kier alpha value is -2.49. The van der Waals surface area contributed by atoms with E-state index in [0.717, 1.165) is 117 Å². The van der Waals surface area contributed by atoms with E-state index in [1.165, 1.54) is 48.7 Å². The lowest BCUT2D eigenvalue weighted by Gasteiger charge is -2.30. The van der Waals surface area contributed by atoms with Crippen molar-refractivity contribution in [2.45, 2.75) is 92.2 Å². The summed E-state index contributed by atoms with van der Waals surface area (Å²) in [5.74, 6) is 3.07. The minimum Gasteiger partial charge on any atom is -0.361 e. The molecule has 13 nitrogen and oxygen atoms in total. The summed E-state index contributed by atoms with van der Waals surface area (Å²) in [5.41, 5.74) is 5.62. The average molecular weight is 1010 g/mol. The van der Waals surface area contributed by atoms with Gasteiger partial charge in [-0.3, -0.25) is 23.5 Å². The van der Waals surface area contributed by atoms with Crippen molar-refractivity contribution in [3.63, 3.8) is 0 Å². The highest BCUT2D eigenvalue weighted by Gasteiger charge is 2.23. The van der Waals surface area contributed by atoms with Crippen LogP contribution < -0.4 is 10.2 Å². The molecule has 2 saturated heterocycles. The molecule has 0 saturated carbocycles. The van der Waals surface area contributed by atoms with Crippen molar-refractivity contribution in [2.24, 2.45) is 11.8 Å². The molecule has 0 aromatic carbocycles. The van der Waals surface area contributed by atoms with E-state index < -0.39 is 8.07 Å². The van der Waals surface area contributed by atoms with Crippen LogP contribution >= 0.6 is 69.7 Å². The number of fused-ring (bicyclic) bond motifs is 2. The predicted molar refractivity (Wildman–Crippen MR) is 256 cm³/mol. The first-order valence-corrected chi connectivity index (χ1v) is 27.0. The molecule has 2 unspecified atom stereocenters. The molecular weight excluding hydrogens is 955 g/mol. The largest absolute Gasteiger partial charge is 0.361 e. The van der Waals surface area contributed by atoms with Crippen LogP contribution in [0.15, 0.2) is 36.9 Å². The fourth-order valence-electron chi connectivity index (χ4n) is 7.55. The van der Waals surface area contributed by atoms with Crippen LogP contribution in [0.3, 0.4) is 0 Å². The maximum absolute atomic E-state index is 6.20. The van der Waals surface area contributed by atoms with Crippen LogP contribution in [0.1, 0.15) is 62.3 Å². The van der Waals surface area contributed by atoms with Gasteiger partial charge in [-0.2, -0.15) is 8.75 Å². The van der Waals surface area contributed by atoms with Gasteiger partial charge in [0.25, 0.3) is 0 Å². The molecule has 0 spiro atoms. The maximum Gasteiger partial charge on any atom is 0.181 e. The quantitative estimate of drug-likeness (QED) is 0.0516. The SMILES string of the molecule is Cc1cn2c(Cl)cnc2c(Nc2cc(CN3CCCC(C)C3)ns2)n1.Cc1cn2c(I)cnc2c(N(COCC[Si](C)(C)C)c2cc(CN3CCCC(C)C3)ns2)n1.Cl. The Bertz CT molecular complexity index is 2290. The smallest absolute Gasteiger partial charge is 0.181 e. The second kappa shape index (κ2) is 20.6. The molecule has 8 rings (SSSR count). The number of imidazole rings is 2. The van der Waals surface area contributed by atoms with E-state index in [4.69, 9.17) is 25.7 Å². The number of nitrogens with zero attached hydrogens (tertiary/aromatic N) is 11. The highest BCUT2D eigenvalue weighted by molar-refractivity contribution is 14.1. The lowest BCUT2D eigenvalue weighted by Crippen LogP contribution is -2.33. The molecule has 8 heterocycles. The number of hydrogen-bond acceptors (Lipinski definition) is 13. The van der Waals surface area contributed by atoms with Gasteiger partial charge < -0.3 is 10.1 Å². The normalized spacial score (nSPS) is 17.8. The lowest BCUT2D eigenvalue weighted by atomic mass is 10.0. The lowest BCUT2D eigenvalue weighted by molar-refractivity contribution is 0.153. The van der Waals surface area contributed by atoms with E-state index >= 15 is 0 Å². The molecule has 6 aromatic heterocycles. The third kappa shape index (κ3) is 12.3. The zero-order valence-corrected chi connectivity index (χ0v) is 41.5. The molecule has 2 aliphatic heterocycles. The van der Waals surface area contributed by atoms with E-state index in [-0.39, 0.29) is 12.4 Å². The van der Waals surface area contributed by atoms with Gasteiger partial charge in [0, 0.05) is 53.3 Å². The van der Waals surface area contributed by atoms with E-state index in [9.17, 15) is 0 Å². The van der Waals surface area contributed by atoms with Crippen molar-refractivity contribution in [2.75, 3.05) is 49.7 Å². The second-order valence-corrected chi connectivity index (χ2v) is 25.9. The molecule has 0 aliphatic carbocycles. The van der Waals surface area contributed by atoms with Crippen LogP contribution in [0.25, 0.3) is 11.3 Å². The van der Waals surface area contributed by atoms with E-state index in [2.05, 4.69) is 112 Å². The van der Waals surface area contributed by atoms with E-state index in [0.29, 0.717) is 17.7 Å². The molecule has 320 valence electrons. The predicted octanol–water partition coefficient (Wildman–Crippen LogP) is 10.3. The number of halogens is 3. The number of ether oxygens (including phenoxy) is 1. The zero-order chi connectivity index (χ0) is 41.0. The van der Waals surface area contributed by atoms with Crippen LogP contribution in [0.5, 0.6) is 0 Å². The van der Waals surface area contributed by atoms with Crippen molar-refractivity contribution in [1.29, 1.82) is 0 Å². The minimum absolute atomic E-state index is 0. The van der Waals surface area contributed by atoms with Gasteiger partial charge in [0.05, 0.1) is 35.2 Å². The Labute approximate surface area is 382 Å². The van der Waals surface area contributed by atoms with Crippen LogP contribution in [-0.4, -0.2) is 94.9 Å². The summed E-state index contributed by atoms with van der Waals surface area (Å²) >= 11 is 11.5. The first kappa shape index (κ1) is 46.0. The summed E-state index contributed by atoms with van der Waals surface area (Å²) in [7, 11) is -1.16. The first-order chi connectivity index (χ1) is 27.8. The van der Waals surface area contributed by atoms with Crippen molar-refractivity contribution < 1.29 is 4.74 Å². The number of anilines is 4. The van der Waals surface area contributed by atoms with Crippen molar-refractivity contribution >= 4 is 111 Å². The Balaban J connectivity index is 0.000000202. The van der Waals surface area contributed by atoms with Crippen LogP contribution in [0.4, 0.5) is 21.6 Å². The minimum atomic E-state index is -1.16. The van der Waals surface area contributed by atoms with Gasteiger partial charge in [0.15, 0.2) is 22.9 Å². The number of aromatic nitrogens is 8. The number of nitrogens with one attached hydrogen (secondary N) is 1. The maximum atomic E-state index is 6.20. The van der Waals surface area contributed by atoms with Gasteiger partial charge in [0.1, 0.15) is 25.6 Å². The molecule has 2 aliphatic rings. The molecule has 19 heteroatoms. The number of rotatable bonds is 13. The fraction of sp³-hybridized carbons (Fsp3) is 0.550. The van der Waals surface area contributed by atoms with Crippen LogP contribution in [-0.2, 0) is 17.8 Å². The van der Waals surface area contributed by atoms with E-state index in [1.807, 2.05) is 36.8 Å². The van der Waals surface area contributed by atoms with E-state index in [1.54, 1.807) is 6.20 Å². The summed E-state index contributed by atoms with van der Waals surface area (Å²) in [4.78, 5) is 25.6. The first-order valence-electron chi connectivity index (χ1n) is 20.3. The van der Waals surface area contributed by atoms with Gasteiger partial charge in [0.2, 0.25) is 0 Å². The Morgan fingerprint density at radius 2 is 1.51 bits per heavy atom. The molecule has 0 amide bonds. The molecule has 2 atom stereocenters. The number of piperidine rings is 2. The summed E-state index contributed by atoms with van der Waals surface area (Å²) in [6.45, 7) is 23.4. The topological polar surface area (TPSA) is 117 Å². The molecule has 59 heavy (non-hydrogen) atoms. The molecule has 1 N–H and O–H groups in total. The van der Waals surface area contributed by atoms with Crippen molar-refractivity contribution in [3.8, 4) is 0 Å². The van der Waals surface area contributed by atoms with Crippen LogP contribution in [0.2, 0.25) is 30.8 Å². The van der Waals surface area contributed by atoms with Crippen LogP contribution in [0, 0.1) is 29.4 Å². The van der Waals surface area contributed by atoms with Crippen molar-refractivity contribution in [1.82, 2.24) is 47.3 Å². The summed E-state index contributed by atoms with van der Waals surface area (Å²) in [6.07, 6.45) is 12.7. The fourth-order valence-corrected chi connectivity index (χ4v) is 10.4. The van der Waals surface area contributed by atoms with Gasteiger partial charge in [-0.1, -0.05) is 45.1 Å². The summed E-state index contributed by atoms with van der Waals surface area (Å²) < 4.78 is 20.6. The molecular formula is C40H57Cl2IN12OS2Si. The molecule has 6 aromatic rings. The second-order valence-electron chi connectivity index (χ2n) is 17.2. The third-order valence-corrected chi connectivity index (χ3v) is 14.8. The molecule has 2 fully saturated rings. The Kier molecular flexibility index (Phi) is 16.1. The van der Waals surface area contributed by atoms with Gasteiger partial charge in [-0.25, -0.2) is 19.9 Å². The van der Waals surface area contributed by atoms with Crippen molar-refractivity contribution in [3.05, 3.63) is 68.5 Å². The standard InChI is InChI=1S/C23H35IN6OSSi.C17H21ClN6S.ClH/c1-17-7-6-8-28(13-17)15-19-11-21(32-27-19)30(16-31-9-10-33(3,4)5)23-22-25-12-20(24)29(22)14-18(2)26-23;1-11-4-3-5-23(8-11)10-13-6-15(25-22-13)21-16-17-19-7-14(18)24(17)9-12(2)20-16;/h11-12,14,17H,6-10,13,15-16H2,1-5H3;6-7,9,11H,3-5,8,10H2,1-2H3,(H,20,21);1H. The average Bonchev–Trinajstić information content (AvgIpc) is 3.97. The third-order valence-electron chi connectivity index (χ3n) is 10.5. The van der Waals surface area contributed by atoms with Gasteiger partial charge in [-0.15, -0.1) is 12.4 Å². The summed E-state index contributed by atoms with van der Waals surface area (Å²) in [6, 6.07) is 5.45. The highest BCUT2D eigenvalue weighted by Crippen LogP contribution is 2.33. The number of hydrogen-bond donors (Lipinski definition) is 1.